The highest BCUT2D eigenvalue weighted by atomic mass is 16.3. The normalized spacial score (nSPS) is 17.7. The topological polar surface area (TPSA) is 52.6 Å². The van der Waals surface area contributed by atoms with E-state index in [-0.39, 0.29) is 12.0 Å². The van der Waals surface area contributed by atoms with E-state index in [9.17, 15) is 9.90 Å². The largest absolute Gasteiger partial charge is 0.393 e. The summed E-state index contributed by atoms with van der Waals surface area (Å²) in [5, 5.41) is 12.6. The molecule has 1 heterocycles. The molecule has 1 fully saturated rings. The molecule has 2 aromatic rings. The van der Waals surface area contributed by atoms with Gasteiger partial charge in [-0.3, -0.25) is 9.69 Å². The van der Waals surface area contributed by atoms with Crippen molar-refractivity contribution in [3.8, 4) is 0 Å². The lowest BCUT2D eigenvalue weighted by Gasteiger charge is -2.29. The third-order valence-corrected chi connectivity index (χ3v) is 5.80. The molecule has 27 heavy (non-hydrogen) atoms. The zero-order chi connectivity index (χ0) is 18.6. The first-order valence-corrected chi connectivity index (χ1v) is 10.1. The minimum Gasteiger partial charge on any atom is -0.393 e. The lowest BCUT2D eigenvalue weighted by Crippen LogP contribution is -2.35. The van der Waals surface area contributed by atoms with Crippen LogP contribution < -0.4 is 5.32 Å². The molecule has 2 N–H and O–H groups in total. The zero-order valence-electron chi connectivity index (χ0n) is 15.8. The third kappa shape index (κ3) is 4.57. The van der Waals surface area contributed by atoms with Crippen molar-refractivity contribution in [1.29, 1.82) is 0 Å². The van der Waals surface area contributed by atoms with E-state index in [0.717, 1.165) is 56.4 Å². The monoisotopic (exact) mass is 364 g/mol. The quantitative estimate of drug-likeness (QED) is 0.857. The van der Waals surface area contributed by atoms with E-state index in [2.05, 4.69) is 46.6 Å². The van der Waals surface area contributed by atoms with Crippen LogP contribution in [0.4, 0.5) is 0 Å². The second-order valence-electron chi connectivity index (χ2n) is 7.84. The number of carbonyl (C=O) groups is 1. The van der Waals surface area contributed by atoms with Crippen molar-refractivity contribution >= 4 is 5.91 Å². The number of hydrogen-bond donors (Lipinski definition) is 2. The summed E-state index contributed by atoms with van der Waals surface area (Å²) in [7, 11) is 0. The average Bonchev–Trinajstić information content (AvgIpc) is 3.17. The molecular weight excluding hydrogens is 336 g/mol. The van der Waals surface area contributed by atoms with Crippen LogP contribution in [-0.4, -0.2) is 35.1 Å². The van der Waals surface area contributed by atoms with Crippen molar-refractivity contribution < 1.29 is 9.90 Å². The third-order valence-electron chi connectivity index (χ3n) is 5.80. The van der Waals surface area contributed by atoms with Crippen molar-refractivity contribution in [3.05, 3.63) is 70.3 Å². The molecule has 1 aliphatic carbocycles. The summed E-state index contributed by atoms with van der Waals surface area (Å²) in [5.41, 5.74) is 5.88. The smallest absolute Gasteiger partial charge is 0.251 e. The molecule has 0 spiro atoms. The summed E-state index contributed by atoms with van der Waals surface area (Å²) in [6, 6.07) is 14.6. The fraction of sp³-hybridized carbons (Fsp3) is 0.435. The molecule has 4 heteroatoms. The van der Waals surface area contributed by atoms with Gasteiger partial charge in [0.25, 0.3) is 5.91 Å². The first kappa shape index (κ1) is 18.2. The summed E-state index contributed by atoms with van der Waals surface area (Å²) >= 11 is 0. The summed E-state index contributed by atoms with van der Waals surface area (Å²) < 4.78 is 0. The Morgan fingerprint density at radius 3 is 2.48 bits per heavy atom. The van der Waals surface area contributed by atoms with E-state index >= 15 is 0 Å². The van der Waals surface area contributed by atoms with Crippen LogP contribution >= 0.6 is 0 Å². The minimum absolute atomic E-state index is 0.000603. The number of likely N-dealkylation sites (tertiary alicyclic amines) is 1. The maximum absolute atomic E-state index is 12.4. The summed E-state index contributed by atoms with van der Waals surface area (Å²) in [4.78, 5) is 14.8. The Kier molecular flexibility index (Phi) is 5.55. The Hall–Kier alpha value is -2.17. The number of aliphatic hydroxyl groups is 1. The number of amides is 1. The van der Waals surface area contributed by atoms with E-state index in [1.807, 2.05) is 6.07 Å². The molecule has 0 aromatic heterocycles. The molecule has 0 saturated carbocycles. The molecule has 0 atom stereocenters. The van der Waals surface area contributed by atoms with E-state index in [4.69, 9.17) is 0 Å². The standard InChI is InChI=1S/C23H28N2O2/c26-22-10-12-25(13-11-22)16-18-6-4-17(5-7-18)15-24-23(27)21-9-8-19-2-1-3-20(19)14-21/h4-9,14,22,26H,1-3,10-13,15-16H2,(H,24,27). The Morgan fingerprint density at radius 2 is 1.70 bits per heavy atom. The molecule has 1 amide bonds. The average molecular weight is 364 g/mol. The van der Waals surface area contributed by atoms with Gasteiger partial charge in [-0.15, -0.1) is 0 Å². The number of aliphatic hydroxyl groups excluding tert-OH is 1. The van der Waals surface area contributed by atoms with Gasteiger partial charge in [0, 0.05) is 31.7 Å². The van der Waals surface area contributed by atoms with Crippen LogP contribution in [0.5, 0.6) is 0 Å². The molecule has 2 aromatic carbocycles. The summed E-state index contributed by atoms with van der Waals surface area (Å²) in [6.07, 6.45) is 5.04. The summed E-state index contributed by atoms with van der Waals surface area (Å²) in [5.74, 6) is 0.000603. The predicted octanol–water partition coefficient (Wildman–Crippen LogP) is 3.06. The van der Waals surface area contributed by atoms with Crippen molar-refractivity contribution in [2.45, 2.75) is 51.3 Å². The molecular formula is C23H28N2O2. The maximum atomic E-state index is 12.4. The number of fused-ring (bicyclic) bond motifs is 1. The first-order chi connectivity index (χ1) is 13.2. The van der Waals surface area contributed by atoms with Gasteiger partial charge < -0.3 is 10.4 Å². The molecule has 2 aliphatic rings. The Balaban J connectivity index is 1.29. The van der Waals surface area contributed by atoms with E-state index in [1.165, 1.54) is 23.1 Å². The minimum atomic E-state index is -0.127. The second-order valence-corrected chi connectivity index (χ2v) is 7.84. The highest BCUT2D eigenvalue weighted by Crippen LogP contribution is 2.22. The highest BCUT2D eigenvalue weighted by Gasteiger charge is 2.17. The zero-order valence-corrected chi connectivity index (χ0v) is 15.8. The molecule has 0 unspecified atom stereocenters. The molecule has 142 valence electrons. The fourth-order valence-corrected chi connectivity index (χ4v) is 4.10. The fourth-order valence-electron chi connectivity index (χ4n) is 4.10. The van der Waals surface area contributed by atoms with Crippen LogP contribution in [0.25, 0.3) is 0 Å². The lowest BCUT2D eigenvalue weighted by molar-refractivity contribution is 0.0792. The molecule has 4 rings (SSSR count). The van der Waals surface area contributed by atoms with Crippen molar-refractivity contribution in [1.82, 2.24) is 10.2 Å². The van der Waals surface area contributed by atoms with Gasteiger partial charge in [0.05, 0.1) is 6.10 Å². The maximum Gasteiger partial charge on any atom is 0.251 e. The number of carbonyl (C=O) groups excluding carboxylic acids is 1. The molecule has 4 nitrogen and oxygen atoms in total. The van der Waals surface area contributed by atoms with Gasteiger partial charge in [0.15, 0.2) is 0 Å². The number of nitrogens with one attached hydrogen (secondary N) is 1. The molecule has 0 bridgehead atoms. The van der Waals surface area contributed by atoms with Crippen LogP contribution in [-0.2, 0) is 25.9 Å². The van der Waals surface area contributed by atoms with Gasteiger partial charge >= 0.3 is 0 Å². The van der Waals surface area contributed by atoms with E-state index < -0.39 is 0 Å². The van der Waals surface area contributed by atoms with Crippen LogP contribution in [0.2, 0.25) is 0 Å². The number of nitrogens with zero attached hydrogens (tertiary/aromatic N) is 1. The van der Waals surface area contributed by atoms with Crippen molar-refractivity contribution in [2.75, 3.05) is 13.1 Å². The van der Waals surface area contributed by atoms with Gasteiger partial charge in [0.1, 0.15) is 0 Å². The van der Waals surface area contributed by atoms with Crippen LogP contribution in [0.15, 0.2) is 42.5 Å². The summed E-state index contributed by atoms with van der Waals surface area (Å²) in [6.45, 7) is 3.39. The van der Waals surface area contributed by atoms with Crippen LogP contribution in [0.1, 0.15) is 51.9 Å². The Morgan fingerprint density at radius 1 is 1.00 bits per heavy atom. The van der Waals surface area contributed by atoms with E-state index in [0.29, 0.717) is 6.54 Å². The number of hydrogen-bond acceptors (Lipinski definition) is 3. The van der Waals surface area contributed by atoms with Crippen molar-refractivity contribution in [3.63, 3.8) is 0 Å². The SMILES string of the molecule is O=C(NCc1ccc(CN2CCC(O)CC2)cc1)c1ccc2c(c1)CCC2. The van der Waals surface area contributed by atoms with E-state index in [1.54, 1.807) is 0 Å². The van der Waals surface area contributed by atoms with Gasteiger partial charge in [0.2, 0.25) is 0 Å². The number of aryl methyl sites for hydroxylation is 2. The number of rotatable bonds is 5. The Bertz CT molecular complexity index is 793. The second kappa shape index (κ2) is 8.24. The van der Waals surface area contributed by atoms with Gasteiger partial charge in [-0.25, -0.2) is 0 Å². The van der Waals surface area contributed by atoms with Gasteiger partial charge in [-0.1, -0.05) is 30.3 Å². The molecule has 1 aliphatic heterocycles. The van der Waals surface area contributed by atoms with Crippen LogP contribution in [0, 0.1) is 0 Å². The van der Waals surface area contributed by atoms with Gasteiger partial charge in [-0.05, 0) is 66.5 Å². The predicted molar refractivity (Wildman–Crippen MR) is 107 cm³/mol. The van der Waals surface area contributed by atoms with Crippen LogP contribution in [0.3, 0.4) is 0 Å². The number of piperidine rings is 1. The molecule has 1 saturated heterocycles. The first-order valence-electron chi connectivity index (χ1n) is 10.1. The highest BCUT2D eigenvalue weighted by molar-refractivity contribution is 5.94. The molecule has 0 radical (unpaired) electrons. The van der Waals surface area contributed by atoms with Gasteiger partial charge in [-0.2, -0.15) is 0 Å². The Labute approximate surface area is 161 Å². The van der Waals surface area contributed by atoms with Crippen molar-refractivity contribution in [2.24, 2.45) is 0 Å². The number of benzene rings is 2. The lowest BCUT2D eigenvalue weighted by atomic mass is 10.1.